The van der Waals surface area contributed by atoms with Gasteiger partial charge in [0.15, 0.2) is 0 Å². The average molecular weight is 346 g/mol. The van der Waals surface area contributed by atoms with Crippen LogP contribution in [0.1, 0.15) is 24.5 Å². The van der Waals surface area contributed by atoms with Crippen molar-refractivity contribution in [2.45, 2.75) is 26.3 Å². The highest BCUT2D eigenvalue weighted by atomic mass is 79.9. The molecule has 0 aliphatic carbocycles. The van der Waals surface area contributed by atoms with Gasteiger partial charge in [-0.05, 0) is 48.1 Å². The van der Waals surface area contributed by atoms with Gasteiger partial charge in [0.05, 0.1) is 0 Å². The van der Waals surface area contributed by atoms with Crippen LogP contribution in [-0.4, -0.2) is 31.1 Å². The lowest BCUT2D eigenvalue weighted by Crippen LogP contribution is -2.40. The van der Waals surface area contributed by atoms with Crippen molar-refractivity contribution in [3.8, 4) is 0 Å². The van der Waals surface area contributed by atoms with Crippen molar-refractivity contribution in [3.63, 3.8) is 0 Å². The molecule has 0 radical (unpaired) electrons. The third kappa shape index (κ3) is 3.52. The van der Waals surface area contributed by atoms with Crippen LogP contribution >= 0.6 is 28.3 Å². The molecule has 0 saturated carbocycles. The third-order valence-corrected chi connectivity index (χ3v) is 4.82. The molecule has 1 unspecified atom stereocenters. The molecular formula is C15H22BrClN2. The van der Waals surface area contributed by atoms with Gasteiger partial charge in [0.1, 0.15) is 0 Å². The van der Waals surface area contributed by atoms with E-state index in [1.165, 1.54) is 54.6 Å². The van der Waals surface area contributed by atoms with Crippen LogP contribution in [0.5, 0.6) is 0 Å². The van der Waals surface area contributed by atoms with E-state index in [9.17, 15) is 0 Å². The standard InChI is InChI=1S/C15H21BrN2.ClH/c1-15(5-6-17-10-15)11-18-7-4-12-8-14(16)3-2-13(12)9-18;/h2-3,8,17H,4-7,9-11H2,1H3;1H. The molecule has 0 spiro atoms. The number of hydrogen-bond donors (Lipinski definition) is 1. The van der Waals surface area contributed by atoms with Gasteiger partial charge in [0.2, 0.25) is 0 Å². The Morgan fingerprint density at radius 3 is 2.95 bits per heavy atom. The molecule has 19 heavy (non-hydrogen) atoms. The number of nitrogens with zero attached hydrogens (tertiary/aromatic N) is 1. The Balaban J connectivity index is 0.00000133. The van der Waals surface area contributed by atoms with E-state index in [0.717, 1.165) is 6.54 Å². The number of nitrogens with one attached hydrogen (secondary N) is 1. The third-order valence-electron chi connectivity index (χ3n) is 4.32. The Morgan fingerprint density at radius 2 is 2.21 bits per heavy atom. The number of benzene rings is 1. The number of rotatable bonds is 2. The molecule has 3 rings (SSSR count). The molecule has 1 aromatic rings. The summed E-state index contributed by atoms with van der Waals surface area (Å²) in [6.45, 7) is 8.35. The van der Waals surface area contributed by atoms with Crippen molar-refractivity contribution < 1.29 is 0 Å². The van der Waals surface area contributed by atoms with Gasteiger partial charge in [-0.25, -0.2) is 0 Å². The van der Waals surface area contributed by atoms with E-state index in [-0.39, 0.29) is 12.4 Å². The van der Waals surface area contributed by atoms with Gasteiger partial charge in [-0.1, -0.05) is 28.9 Å². The Labute approximate surface area is 130 Å². The highest BCUT2D eigenvalue weighted by Gasteiger charge is 2.31. The van der Waals surface area contributed by atoms with E-state index < -0.39 is 0 Å². The maximum absolute atomic E-state index is 3.56. The van der Waals surface area contributed by atoms with Crippen LogP contribution in [0.3, 0.4) is 0 Å². The summed E-state index contributed by atoms with van der Waals surface area (Å²) >= 11 is 3.56. The fraction of sp³-hybridized carbons (Fsp3) is 0.600. The fourth-order valence-electron chi connectivity index (χ4n) is 3.26. The van der Waals surface area contributed by atoms with Crippen LogP contribution in [0.25, 0.3) is 0 Å². The minimum absolute atomic E-state index is 0. The van der Waals surface area contributed by atoms with Crippen molar-refractivity contribution in [1.29, 1.82) is 0 Å². The molecule has 0 amide bonds. The van der Waals surface area contributed by atoms with Crippen molar-refractivity contribution in [2.24, 2.45) is 5.41 Å². The minimum atomic E-state index is 0. The van der Waals surface area contributed by atoms with Crippen LogP contribution in [0.2, 0.25) is 0 Å². The Kier molecular flexibility index (Phi) is 4.93. The quantitative estimate of drug-likeness (QED) is 0.885. The summed E-state index contributed by atoms with van der Waals surface area (Å²) in [5.74, 6) is 0. The van der Waals surface area contributed by atoms with E-state index in [1.54, 1.807) is 0 Å². The van der Waals surface area contributed by atoms with Gasteiger partial charge < -0.3 is 5.32 Å². The Bertz CT molecular complexity index is 444. The van der Waals surface area contributed by atoms with Crippen LogP contribution in [-0.2, 0) is 13.0 Å². The molecule has 1 atom stereocenters. The zero-order valence-electron chi connectivity index (χ0n) is 11.4. The van der Waals surface area contributed by atoms with E-state index in [0.29, 0.717) is 5.41 Å². The molecule has 0 aromatic heterocycles. The predicted octanol–water partition coefficient (Wildman–Crippen LogP) is 3.23. The summed E-state index contributed by atoms with van der Waals surface area (Å²) in [5, 5.41) is 3.50. The first-order valence-electron chi connectivity index (χ1n) is 6.85. The molecule has 2 heterocycles. The zero-order valence-corrected chi connectivity index (χ0v) is 13.8. The summed E-state index contributed by atoms with van der Waals surface area (Å²) in [4.78, 5) is 2.63. The number of hydrogen-bond acceptors (Lipinski definition) is 2. The lowest BCUT2D eigenvalue weighted by atomic mass is 9.88. The van der Waals surface area contributed by atoms with E-state index in [1.807, 2.05) is 0 Å². The van der Waals surface area contributed by atoms with Crippen LogP contribution < -0.4 is 5.32 Å². The molecule has 106 valence electrons. The van der Waals surface area contributed by atoms with Gasteiger partial charge in [0.25, 0.3) is 0 Å². The molecule has 1 fully saturated rings. The topological polar surface area (TPSA) is 15.3 Å². The molecular weight excluding hydrogens is 324 g/mol. The highest BCUT2D eigenvalue weighted by molar-refractivity contribution is 9.10. The summed E-state index contributed by atoms with van der Waals surface area (Å²) in [6, 6.07) is 6.73. The predicted molar refractivity (Wildman–Crippen MR) is 86.0 cm³/mol. The lowest BCUT2D eigenvalue weighted by Gasteiger charge is -2.35. The lowest BCUT2D eigenvalue weighted by molar-refractivity contribution is 0.164. The van der Waals surface area contributed by atoms with Gasteiger partial charge in [-0.3, -0.25) is 4.90 Å². The molecule has 1 saturated heterocycles. The van der Waals surface area contributed by atoms with Crippen LogP contribution in [0.15, 0.2) is 22.7 Å². The summed E-state index contributed by atoms with van der Waals surface area (Å²) in [7, 11) is 0. The molecule has 2 aliphatic rings. The normalized spacial score (nSPS) is 26.8. The van der Waals surface area contributed by atoms with Gasteiger partial charge in [0, 0.05) is 30.7 Å². The van der Waals surface area contributed by atoms with Gasteiger partial charge in [-0.15, -0.1) is 12.4 Å². The van der Waals surface area contributed by atoms with E-state index in [2.05, 4.69) is 51.3 Å². The van der Waals surface area contributed by atoms with Crippen molar-refractivity contribution >= 4 is 28.3 Å². The van der Waals surface area contributed by atoms with Gasteiger partial charge in [-0.2, -0.15) is 0 Å². The maximum Gasteiger partial charge on any atom is 0.0236 e. The molecule has 1 N–H and O–H groups in total. The fourth-order valence-corrected chi connectivity index (χ4v) is 3.67. The zero-order chi connectivity index (χ0) is 12.6. The highest BCUT2D eigenvalue weighted by Crippen LogP contribution is 2.29. The average Bonchev–Trinajstić information content (AvgIpc) is 2.76. The van der Waals surface area contributed by atoms with E-state index in [4.69, 9.17) is 0 Å². The van der Waals surface area contributed by atoms with Gasteiger partial charge >= 0.3 is 0 Å². The van der Waals surface area contributed by atoms with Crippen LogP contribution in [0, 0.1) is 5.41 Å². The monoisotopic (exact) mass is 344 g/mol. The van der Waals surface area contributed by atoms with Crippen LogP contribution in [0.4, 0.5) is 0 Å². The summed E-state index contributed by atoms with van der Waals surface area (Å²) in [6.07, 6.45) is 2.51. The first-order valence-corrected chi connectivity index (χ1v) is 7.64. The first kappa shape index (κ1) is 15.3. The SMILES string of the molecule is CC1(CN2CCc3cc(Br)ccc3C2)CCNC1.Cl. The second-order valence-electron chi connectivity index (χ2n) is 6.11. The first-order chi connectivity index (χ1) is 8.65. The Morgan fingerprint density at radius 1 is 1.37 bits per heavy atom. The molecule has 4 heteroatoms. The second-order valence-corrected chi connectivity index (χ2v) is 7.03. The largest absolute Gasteiger partial charge is 0.316 e. The molecule has 0 bridgehead atoms. The summed E-state index contributed by atoms with van der Waals surface area (Å²) < 4.78 is 1.21. The molecule has 2 aliphatic heterocycles. The van der Waals surface area contributed by atoms with Crippen molar-refractivity contribution in [1.82, 2.24) is 10.2 Å². The van der Waals surface area contributed by atoms with Crippen molar-refractivity contribution in [3.05, 3.63) is 33.8 Å². The minimum Gasteiger partial charge on any atom is -0.316 e. The molecule has 1 aromatic carbocycles. The Hall–Kier alpha value is -0.0900. The van der Waals surface area contributed by atoms with E-state index >= 15 is 0 Å². The van der Waals surface area contributed by atoms with Crippen molar-refractivity contribution in [2.75, 3.05) is 26.2 Å². The second kappa shape index (κ2) is 6.13. The molecule has 2 nitrogen and oxygen atoms in total. The number of halogens is 2. The smallest absolute Gasteiger partial charge is 0.0236 e. The number of fused-ring (bicyclic) bond motifs is 1. The maximum atomic E-state index is 3.56. The summed E-state index contributed by atoms with van der Waals surface area (Å²) in [5.41, 5.74) is 3.52.